The average Bonchev–Trinajstić information content (AvgIpc) is 2.59. The topological polar surface area (TPSA) is 73.6 Å². The molecule has 25 heavy (non-hydrogen) atoms. The standard InChI is InChI=1S/C19H16ClN5/c1-12-16(20)7-4-8-17(12)25-19-10-18(22-13(2)23-19)24-15-6-3-5-14(9-15)11-21/h3-10H,1-2H3,(H2,22,23,24,25). The van der Waals surface area contributed by atoms with Crippen molar-refractivity contribution in [2.24, 2.45) is 0 Å². The second kappa shape index (κ2) is 7.20. The molecule has 0 saturated heterocycles. The molecule has 5 nitrogen and oxygen atoms in total. The van der Waals surface area contributed by atoms with E-state index in [0.717, 1.165) is 16.9 Å². The highest BCUT2D eigenvalue weighted by Gasteiger charge is 2.07. The van der Waals surface area contributed by atoms with Crippen LogP contribution in [0.4, 0.5) is 23.0 Å². The van der Waals surface area contributed by atoms with Crippen LogP contribution in [0.25, 0.3) is 0 Å². The molecule has 0 saturated carbocycles. The lowest BCUT2D eigenvalue weighted by molar-refractivity contribution is 1.06. The van der Waals surface area contributed by atoms with E-state index in [-0.39, 0.29) is 0 Å². The minimum Gasteiger partial charge on any atom is -0.340 e. The van der Waals surface area contributed by atoms with E-state index < -0.39 is 0 Å². The first-order valence-electron chi connectivity index (χ1n) is 7.70. The molecular formula is C19H16ClN5. The van der Waals surface area contributed by atoms with Gasteiger partial charge in [0.1, 0.15) is 17.5 Å². The van der Waals surface area contributed by atoms with Gasteiger partial charge in [-0.05, 0) is 49.7 Å². The second-order valence-electron chi connectivity index (χ2n) is 5.54. The van der Waals surface area contributed by atoms with Gasteiger partial charge in [0.2, 0.25) is 0 Å². The number of nitriles is 1. The van der Waals surface area contributed by atoms with E-state index in [1.54, 1.807) is 12.1 Å². The van der Waals surface area contributed by atoms with Crippen molar-refractivity contribution >= 4 is 34.6 Å². The van der Waals surface area contributed by atoms with Crippen LogP contribution >= 0.6 is 11.6 Å². The maximum Gasteiger partial charge on any atom is 0.136 e. The summed E-state index contributed by atoms with van der Waals surface area (Å²) < 4.78 is 0. The normalized spacial score (nSPS) is 10.2. The number of nitrogens with one attached hydrogen (secondary N) is 2. The average molecular weight is 350 g/mol. The largest absolute Gasteiger partial charge is 0.340 e. The van der Waals surface area contributed by atoms with Crippen molar-refractivity contribution in [1.82, 2.24) is 9.97 Å². The molecule has 124 valence electrons. The van der Waals surface area contributed by atoms with Crippen LogP contribution in [0, 0.1) is 25.2 Å². The van der Waals surface area contributed by atoms with Gasteiger partial charge < -0.3 is 10.6 Å². The summed E-state index contributed by atoms with van der Waals surface area (Å²) in [6, 6.07) is 16.8. The number of halogens is 1. The van der Waals surface area contributed by atoms with Gasteiger partial charge in [-0.2, -0.15) is 5.26 Å². The molecule has 2 aromatic carbocycles. The van der Waals surface area contributed by atoms with E-state index in [1.165, 1.54) is 0 Å². The van der Waals surface area contributed by atoms with Gasteiger partial charge in [0.05, 0.1) is 11.6 Å². The number of aryl methyl sites for hydroxylation is 1. The zero-order chi connectivity index (χ0) is 17.8. The Balaban J connectivity index is 1.87. The summed E-state index contributed by atoms with van der Waals surface area (Å²) in [5, 5.41) is 16.2. The Morgan fingerprint density at radius 2 is 1.68 bits per heavy atom. The Kier molecular flexibility index (Phi) is 4.82. The molecule has 1 aromatic heterocycles. The monoisotopic (exact) mass is 349 g/mol. The van der Waals surface area contributed by atoms with Gasteiger partial charge in [-0.25, -0.2) is 9.97 Å². The van der Waals surface area contributed by atoms with E-state index >= 15 is 0 Å². The number of aromatic nitrogens is 2. The van der Waals surface area contributed by atoms with Crippen molar-refractivity contribution in [2.45, 2.75) is 13.8 Å². The molecule has 0 fully saturated rings. The summed E-state index contributed by atoms with van der Waals surface area (Å²) in [6.45, 7) is 3.78. The van der Waals surface area contributed by atoms with Gasteiger partial charge in [-0.1, -0.05) is 23.7 Å². The molecular weight excluding hydrogens is 334 g/mol. The van der Waals surface area contributed by atoms with Crippen LogP contribution in [0.15, 0.2) is 48.5 Å². The van der Waals surface area contributed by atoms with Crippen molar-refractivity contribution in [2.75, 3.05) is 10.6 Å². The Hall–Kier alpha value is -3.10. The fourth-order valence-corrected chi connectivity index (χ4v) is 2.57. The highest BCUT2D eigenvalue weighted by Crippen LogP contribution is 2.26. The highest BCUT2D eigenvalue weighted by molar-refractivity contribution is 6.31. The molecule has 3 aromatic rings. The molecule has 0 bridgehead atoms. The molecule has 0 aliphatic carbocycles. The van der Waals surface area contributed by atoms with Gasteiger partial charge in [-0.15, -0.1) is 0 Å². The van der Waals surface area contributed by atoms with Crippen LogP contribution in [-0.2, 0) is 0 Å². The lowest BCUT2D eigenvalue weighted by atomic mass is 10.2. The predicted octanol–water partition coefficient (Wildman–Crippen LogP) is 5.11. The summed E-state index contributed by atoms with van der Waals surface area (Å²) in [7, 11) is 0. The maximum absolute atomic E-state index is 9.00. The quantitative estimate of drug-likeness (QED) is 0.685. The third kappa shape index (κ3) is 4.06. The number of hydrogen-bond acceptors (Lipinski definition) is 5. The van der Waals surface area contributed by atoms with Gasteiger partial charge in [0.15, 0.2) is 0 Å². The van der Waals surface area contributed by atoms with Gasteiger partial charge in [0.25, 0.3) is 0 Å². The summed E-state index contributed by atoms with van der Waals surface area (Å²) in [5.74, 6) is 1.94. The fourth-order valence-electron chi connectivity index (χ4n) is 2.39. The van der Waals surface area contributed by atoms with E-state index in [2.05, 4.69) is 26.7 Å². The molecule has 0 unspecified atom stereocenters. The maximum atomic E-state index is 9.00. The van der Waals surface area contributed by atoms with Gasteiger partial charge in [-0.3, -0.25) is 0 Å². The summed E-state index contributed by atoms with van der Waals surface area (Å²) in [6.07, 6.45) is 0. The SMILES string of the molecule is Cc1nc(Nc2cccc(C#N)c2)cc(Nc2cccc(Cl)c2C)n1. The predicted molar refractivity (Wildman–Crippen MR) is 101 cm³/mol. The van der Waals surface area contributed by atoms with E-state index in [0.29, 0.717) is 28.0 Å². The molecule has 0 aliphatic heterocycles. The number of anilines is 4. The van der Waals surface area contributed by atoms with Crippen LogP contribution in [0.3, 0.4) is 0 Å². The Morgan fingerprint density at radius 1 is 0.960 bits per heavy atom. The van der Waals surface area contributed by atoms with Crippen molar-refractivity contribution in [3.05, 3.63) is 70.5 Å². The highest BCUT2D eigenvalue weighted by atomic mass is 35.5. The van der Waals surface area contributed by atoms with Crippen LogP contribution in [0.2, 0.25) is 5.02 Å². The summed E-state index contributed by atoms with van der Waals surface area (Å²) in [5.41, 5.74) is 3.23. The van der Waals surface area contributed by atoms with E-state index in [9.17, 15) is 0 Å². The molecule has 3 rings (SSSR count). The molecule has 0 radical (unpaired) electrons. The van der Waals surface area contributed by atoms with Gasteiger partial charge in [0, 0.05) is 22.5 Å². The molecule has 0 aliphatic rings. The van der Waals surface area contributed by atoms with Crippen molar-refractivity contribution in [3.63, 3.8) is 0 Å². The summed E-state index contributed by atoms with van der Waals surface area (Å²) in [4.78, 5) is 8.81. The Labute approximate surface area is 151 Å². The fraction of sp³-hybridized carbons (Fsp3) is 0.105. The minimum atomic E-state index is 0.587. The molecule has 1 heterocycles. The minimum absolute atomic E-state index is 0.587. The van der Waals surface area contributed by atoms with Crippen LogP contribution < -0.4 is 10.6 Å². The lowest BCUT2D eigenvalue weighted by Gasteiger charge is -2.12. The molecule has 2 N–H and O–H groups in total. The number of hydrogen-bond donors (Lipinski definition) is 2. The Bertz CT molecular complexity index is 962. The third-order valence-electron chi connectivity index (χ3n) is 3.63. The summed E-state index contributed by atoms with van der Waals surface area (Å²) >= 11 is 6.17. The third-order valence-corrected chi connectivity index (χ3v) is 4.04. The first-order chi connectivity index (χ1) is 12.0. The van der Waals surface area contributed by atoms with Gasteiger partial charge >= 0.3 is 0 Å². The van der Waals surface area contributed by atoms with Crippen LogP contribution in [0.1, 0.15) is 17.0 Å². The molecule has 0 spiro atoms. The molecule has 0 atom stereocenters. The smallest absolute Gasteiger partial charge is 0.136 e. The first-order valence-corrected chi connectivity index (χ1v) is 8.08. The lowest BCUT2D eigenvalue weighted by Crippen LogP contribution is -2.02. The van der Waals surface area contributed by atoms with Crippen LogP contribution in [-0.4, -0.2) is 9.97 Å². The van der Waals surface area contributed by atoms with Crippen molar-refractivity contribution in [1.29, 1.82) is 5.26 Å². The molecule has 0 amide bonds. The zero-order valence-electron chi connectivity index (χ0n) is 13.8. The number of nitrogens with zero attached hydrogens (tertiary/aromatic N) is 3. The van der Waals surface area contributed by atoms with E-state index in [1.807, 2.05) is 50.2 Å². The Morgan fingerprint density at radius 3 is 2.44 bits per heavy atom. The first kappa shape index (κ1) is 16.7. The van der Waals surface area contributed by atoms with Crippen molar-refractivity contribution < 1.29 is 0 Å². The number of rotatable bonds is 4. The molecule has 6 heteroatoms. The zero-order valence-corrected chi connectivity index (χ0v) is 14.6. The van der Waals surface area contributed by atoms with Crippen molar-refractivity contribution in [3.8, 4) is 6.07 Å². The van der Waals surface area contributed by atoms with E-state index in [4.69, 9.17) is 16.9 Å². The number of benzene rings is 2. The van der Waals surface area contributed by atoms with Crippen LogP contribution in [0.5, 0.6) is 0 Å². The second-order valence-corrected chi connectivity index (χ2v) is 5.95.